The average Bonchev–Trinajstić information content (AvgIpc) is 2.05. The first-order valence-corrected chi connectivity index (χ1v) is 4.48. The van der Waals surface area contributed by atoms with Gasteiger partial charge in [0.2, 0.25) is 0 Å². The maximum absolute atomic E-state index is 12.9. The smallest absolute Gasteiger partial charge is 0.252 e. The minimum atomic E-state index is -2.81. The summed E-state index contributed by atoms with van der Waals surface area (Å²) in [7, 11) is 0. The molecule has 0 bridgehead atoms. The fraction of sp³-hybridized carbons (Fsp3) is 0.400. The van der Waals surface area contributed by atoms with Gasteiger partial charge in [-0.2, -0.15) is 0 Å². The normalized spacial score (nSPS) is 22.1. The van der Waals surface area contributed by atoms with E-state index >= 15 is 0 Å². The van der Waals surface area contributed by atoms with Crippen LogP contribution in [0.3, 0.4) is 0 Å². The molecule has 1 aromatic carbocycles. The Balaban J connectivity index is 2.35. The Bertz CT molecular complexity index is 398. The van der Waals surface area contributed by atoms with Crippen molar-refractivity contribution in [3.8, 4) is 5.75 Å². The fourth-order valence-electron chi connectivity index (χ4n) is 1.97. The maximum Gasteiger partial charge on any atom is 0.252 e. The predicted molar refractivity (Wildman–Crippen MR) is 48.1 cm³/mol. The Labute approximate surface area is 84.5 Å². The number of nitrogens with two attached hydrogens (primary N) is 1. The SMILES string of the molecule is NC1(c2cc(F)ccc2O)CC(F)(F)C1. The Morgan fingerprint density at radius 1 is 1.27 bits per heavy atom. The molecule has 0 aromatic heterocycles. The van der Waals surface area contributed by atoms with Crippen LogP contribution in [0.1, 0.15) is 18.4 Å². The summed E-state index contributed by atoms with van der Waals surface area (Å²) in [6, 6.07) is 3.18. The van der Waals surface area contributed by atoms with Crippen LogP contribution in [-0.4, -0.2) is 11.0 Å². The zero-order valence-electron chi connectivity index (χ0n) is 7.80. The predicted octanol–water partition coefficient (Wildman–Crippen LogP) is 2.11. The second-order valence-electron chi connectivity index (χ2n) is 4.03. The van der Waals surface area contributed by atoms with Crippen molar-refractivity contribution in [1.29, 1.82) is 0 Å². The molecular formula is C10H10F3NO. The Kier molecular flexibility index (Phi) is 1.98. The first kappa shape index (κ1) is 10.3. The van der Waals surface area contributed by atoms with Crippen molar-refractivity contribution in [3.05, 3.63) is 29.6 Å². The zero-order chi connectivity index (χ0) is 11.3. The quantitative estimate of drug-likeness (QED) is 0.756. The molecule has 1 fully saturated rings. The molecule has 15 heavy (non-hydrogen) atoms. The standard InChI is InChI=1S/C10H10F3NO/c11-6-1-2-8(15)7(3-6)9(14)4-10(12,13)5-9/h1-3,15H,4-5,14H2. The van der Waals surface area contributed by atoms with Gasteiger partial charge in [-0.15, -0.1) is 0 Å². The summed E-state index contributed by atoms with van der Waals surface area (Å²) >= 11 is 0. The van der Waals surface area contributed by atoms with Crippen molar-refractivity contribution in [3.63, 3.8) is 0 Å². The van der Waals surface area contributed by atoms with Gasteiger partial charge in [0, 0.05) is 18.4 Å². The van der Waals surface area contributed by atoms with Gasteiger partial charge in [-0.1, -0.05) is 0 Å². The highest BCUT2D eigenvalue weighted by Crippen LogP contribution is 2.51. The second kappa shape index (κ2) is 2.88. The number of benzene rings is 1. The third-order valence-corrected chi connectivity index (χ3v) is 2.64. The molecule has 1 saturated carbocycles. The summed E-state index contributed by atoms with van der Waals surface area (Å²) in [6.07, 6.45) is -1.12. The van der Waals surface area contributed by atoms with Gasteiger partial charge in [-0.25, -0.2) is 13.2 Å². The average molecular weight is 217 g/mol. The molecule has 0 unspecified atom stereocenters. The van der Waals surface area contributed by atoms with Crippen molar-refractivity contribution in [2.24, 2.45) is 5.73 Å². The number of halogens is 3. The van der Waals surface area contributed by atoms with Gasteiger partial charge >= 0.3 is 0 Å². The van der Waals surface area contributed by atoms with Gasteiger partial charge in [0.25, 0.3) is 5.92 Å². The van der Waals surface area contributed by atoms with Crippen LogP contribution in [0.15, 0.2) is 18.2 Å². The molecule has 0 aliphatic heterocycles. The van der Waals surface area contributed by atoms with Crippen LogP contribution >= 0.6 is 0 Å². The lowest BCUT2D eigenvalue weighted by Gasteiger charge is -2.44. The lowest BCUT2D eigenvalue weighted by molar-refractivity contribution is -0.125. The molecule has 5 heteroatoms. The number of aromatic hydroxyl groups is 1. The Morgan fingerprint density at radius 3 is 2.40 bits per heavy atom. The van der Waals surface area contributed by atoms with Crippen molar-refractivity contribution in [2.45, 2.75) is 24.3 Å². The van der Waals surface area contributed by atoms with Gasteiger partial charge in [-0.3, -0.25) is 0 Å². The van der Waals surface area contributed by atoms with Gasteiger partial charge in [0.05, 0.1) is 5.54 Å². The summed E-state index contributed by atoms with van der Waals surface area (Å²) in [4.78, 5) is 0. The van der Waals surface area contributed by atoms with E-state index in [1.54, 1.807) is 0 Å². The van der Waals surface area contributed by atoms with Crippen LogP contribution in [0.5, 0.6) is 5.75 Å². The van der Waals surface area contributed by atoms with Crippen LogP contribution in [0.2, 0.25) is 0 Å². The van der Waals surface area contributed by atoms with Crippen LogP contribution in [-0.2, 0) is 5.54 Å². The summed E-state index contributed by atoms with van der Waals surface area (Å²) in [5, 5.41) is 9.41. The monoisotopic (exact) mass is 217 g/mol. The summed E-state index contributed by atoms with van der Waals surface area (Å²) in [5.74, 6) is -3.65. The molecule has 0 spiro atoms. The zero-order valence-corrected chi connectivity index (χ0v) is 7.80. The maximum atomic E-state index is 12.9. The number of phenols is 1. The second-order valence-corrected chi connectivity index (χ2v) is 4.03. The van der Waals surface area contributed by atoms with Crippen LogP contribution in [0.4, 0.5) is 13.2 Å². The fourth-order valence-corrected chi connectivity index (χ4v) is 1.97. The molecule has 2 rings (SSSR count). The lowest BCUT2D eigenvalue weighted by Crippen LogP contribution is -2.55. The number of alkyl halides is 2. The molecule has 82 valence electrons. The Hall–Kier alpha value is -1.23. The summed E-state index contributed by atoms with van der Waals surface area (Å²) in [5.41, 5.74) is 4.40. The van der Waals surface area contributed by atoms with E-state index in [0.29, 0.717) is 0 Å². The minimum absolute atomic E-state index is 0.0495. The Morgan fingerprint density at radius 2 is 1.87 bits per heavy atom. The number of rotatable bonds is 1. The van der Waals surface area contributed by atoms with Gasteiger partial charge in [-0.05, 0) is 18.2 Å². The lowest BCUT2D eigenvalue weighted by atomic mass is 9.69. The largest absolute Gasteiger partial charge is 0.508 e. The van der Waals surface area contributed by atoms with E-state index in [1.807, 2.05) is 0 Å². The van der Waals surface area contributed by atoms with Crippen molar-refractivity contribution >= 4 is 0 Å². The van der Waals surface area contributed by atoms with E-state index in [-0.39, 0.29) is 11.3 Å². The summed E-state index contributed by atoms with van der Waals surface area (Å²) < 4.78 is 38.3. The van der Waals surface area contributed by atoms with E-state index in [2.05, 4.69) is 0 Å². The van der Waals surface area contributed by atoms with Crippen molar-refractivity contribution in [2.75, 3.05) is 0 Å². The molecule has 1 aliphatic carbocycles. The molecule has 0 heterocycles. The van der Waals surface area contributed by atoms with Gasteiger partial charge in [0.1, 0.15) is 11.6 Å². The molecule has 0 atom stereocenters. The first-order valence-electron chi connectivity index (χ1n) is 4.48. The molecule has 0 amide bonds. The van der Waals surface area contributed by atoms with E-state index in [4.69, 9.17) is 5.73 Å². The summed E-state index contributed by atoms with van der Waals surface area (Å²) in [6.45, 7) is 0. The minimum Gasteiger partial charge on any atom is -0.508 e. The number of hydrogen-bond acceptors (Lipinski definition) is 2. The molecular weight excluding hydrogens is 207 g/mol. The van der Waals surface area contributed by atoms with E-state index < -0.39 is 30.1 Å². The molecule has 0 saturated heterocycles. The molecule has 3 N–H and O–H groups in total. The van der Waals surface area contributed by atoms with Crippen molar-refractivity contribution in [1.82, 2.24) is 0 Å². The first-order chi connectivity index (χ1) is 6.82. The third-order valence-electron chi connectivity index (χ3n) is 2.64. The van der Waals surface area contributed by atoms with E-state index in [9.17, 15) is 18.3 Å². The van der Waals surface area contributed by atoms with Crippen molar-refractivity contribution < 1.29 is 18.3 Å². The number of hydrogen-bond donors (Lipinski definition) is 2. The highest BCUT2D eigenvalue weighted by Gasteiger charge is 2.56. The highest BCUT2D eigenvalue weighted by molar-refractivity contribution is 5.40. The molecule has 0 radical (unpaired) electrons. The topological polar surface area (TPSA) is 46.2 Å². The van der Waals surface area contributed by atoms with Gasteiger partial charge in [0.15, 0.2) is 0 Å². The van der Waals surface area contributed by atoms with Crippen LogP contribution < -0.4 is 5.73 Å². The van der Waals surface area contributed by atoms with Gasteiger partial charge < -0.3 is 10.8 Å². The third kappa shape index (κ3) is 1.67. The molecule has 1 aromatic rings. The van der Waals surface area contributed by atoms with E-state index in [0.717, 1.165) is 18.2 Å². The molecule has 2 nitrogen and oxygen atoms in total. The molecule has 1 aliphatic rings. The number of phenolic OH excluding ortho intramolecular Hbond substituents is 1. The van der Waals surface area contributed by atoms with Crippen LogP contribution in [0, 0.1) is 5.82 Å². The van der Waals surface area contributed by atoms with E-state index in [1.165, 1.54) is 0 Å². The van der Waals surface area contributed by atoms with Crippen LogP contribution in [0.25, 0.3) is 0 Å². The highest BCUT2D eigenvalue weighted by atomic mass is 19.3.